The van der Waals surface area contributed by atoms with Crippen molar-refractivity contribution in [1.29, 1.82) is 0 Å². The van der Waals surface area contributed by atoms with E-state index in [0.717, 1.165) is 10.7 Å². The maximum Gasteiger partial charge on any atom is 0.243 e. The third-order valence-corrected chi connectivity index (χ3v) is 5.77. The quantitative estimate of drug-likeness (QED) is 0.864. The van der Waals surface area contributed by atoms with Gasteiger partial charge in [-0.05, 0) is 30.9 Å². The molecule has 0 unspecified atom stereocenters. The second kappa shape index (κ2) is 5.94. The van der Waals surface area contributed by atoms with E-state index in [4.69, 9.17) is 5.73 Å². The van der Waals surface area contributed by atoms with Crippen LogP contribution in [-0.4, -0.2) is 31.9 Å². The minimum absolute atomic E-state index is 0.0497. The third kappa shape index (κ3) is 2.93. The average Bonchev–Trinajstić information content (AvgIpc) is 2.43. The first kappa shape index (κ1) is 16.3. The fraction of sp³-hybridized carbons (Fsp3) is 0.538. The predicted octanol–water partition coefficient (Wildman–Crippen LogP) is 1.85. The highest BCUT2D eigenvalue weighted by Crippen LogP contribution is 2.29. The lowest BCUT2D eigenvalue weighted by Gasteiger charge is -2.38. The molecule has 4 nitrogen and oxygen atoms in total. The SMILES string of the molecule is C[C@H]1CCCN(S(=O)(=O)c2cc(F)c(F)c(F)c2)[C@H]1CN. The standard InChI is InChI=1S/C13H17F3N2O2S/c1-8-3-2-4-18(12(8)7-17)21(19,20)9-5-10(14)13(16)11(15)6-9/h5-6,8,12H,2-4,7,17H2,1H3/t8-,12-/m0/s1. The third-order valence-electron chi connectivity index (χ3n) is 3.87. The second-order valence-corrected chi connectivity index (χ2v) is 7.13. The molecule has 2 N–H and O–H groups in total. The normalized spacial score (nSPS) is 24.2. The van der Waals surface area contributed by atoms with Crippen LogP contribution >= 0.6 is 0 Å². The lowest BCUT2D eigenvalue weighted by molar-refractivity contribution is 0.192. The highest BCUT2D eigenvalue weighted by molar-refractivity contribution is 7.89. The van der Waals surface area contributed by atoms with Crippen molar-refractivity contribution in [3.63, 3.8) is 0 Å². The first-order chi connectivity index (χ1) is 9.78. The van der Waals surface area contributed by atoms with E-state index in [9.17, 15) is 21.6 Å². The van der Waals surface area contributed by atoms with Gasteiger partial charge in [-0.2, -0.15) is 4.31 Å². The zero-order chi connectivity index (χ0) is 15.8. The maximum absolute atomic E-state index is 13.3. The number of nitrogens with zero attached hydrogens (tertiary/aromatic N) is 1. The van der Waals surface area contributed by atoms with Gasteiger partial charge in [-0.15, -0.1) is 0 Å². The molecule has 1 saturated heterocycles. The van der Waals surface area contributed by atoms with Crippen LogP contribution < -0.4 is 5.73 Å². The smallest absolute Gasteiger partial charge is 0.243 e. The predicted molar refractivity (Wildman–Crippen MR) is 71.4 cm³/mol. The Morgan fingerprint density at radius 3 is 2.38 bits per heavy atom. The molecule has 2 rings (SSSR count). The molecule has 21 heavy (non-hydrogen) atoms. The van der Waals surface area contributed by atoms with Crippen LogP contribution in [0.15, 0.2) is 17.0 Å². The van der Waals surface area contributed by atoms with Crippen LogP contribution in [0.1, 0.15) is 19.8 Å². The Balaban J connectivity index is 2.46. The van der Waals surface area contributed by atoms with Crippen LogP contribution in [-0.2, 0) is 10.0 Å². The molecule has 1 aliphatic heterocycles. The minimum Gasteiger partial charge on any atom is -0.329 e. The summed E-state index contributed by atoms with van der Waals surface area (Å²) < 4.78 is 65.7. The van der Waals surface area contributed by atoms with Gasteiger partial charge in [0.2, 0.25) is 10.0 Å². The number of hydrogen-bond acceptors (Lipinski definition) is 3. The molecule has 1 aromatic rings. The van der Waals surface area contributed by atoms with Gasteiger partial charge < -0.3 is 5.73 Å². The van der Waals surface area contributed by atoms with E-state index in [1.807, 2.05) is 6.92 Å². The molecule has 1 aromatic carbocycles. The van der Waals surface area contributed by atoms with E-state index < -0.39 is 38.4 Å². The zero-order valence-electron chi connectivity index (χ0n) is 11.5. The highest BCUT2D eigenvalue weighted by Gasteiger charge is 2.37. The van der Waals surface area contributed by atoms with Crippen LogP contribution in [0, 0.1) is 23.4 Å². The molecule has 0 saturated carbocycles. The summed E-state index contributed by atoms with van der Waals surface area (Å²) in [4.78, 5) is -0.591. The number of piperidine rings is 1. The Morgan fingerprint density at radius 2 is 1.86 bits per heavy atom. The van der Waals surface area contributed by atoms with E-state index >= 15 is 0 Å². The molecule has 0 radical (unpaired) electrons. The molecule has 0 bridgehead atoms. The lowest BCUT2D eigenvalue weighted by Crippen LogP contribution is -2.51. The molecular formula is C13H17F3N2O2S. The molecular weight excluding hydrogens is 305 g/mol. The van der Waals surface area contributed by atoms with Gasteiger partial charge in [0.15, 0.2) is 17.5 Å². The summed E-state index contributed by atoms with van der Waals surface area (Å²) >= 11 is 0. The molecule has 1 aliphatic rings. The fourth-order valence-electron chi connectivity index (χ4n) is 2.68. The van der Waals surface area contributed by atoms with Gasteiger partial charge in [-0.25, -0.2) is 21.6 Å². The molecule has 0 spiro atoms. The maximum atomic E-state index is 13.3. The van der Waals surface area contributed by atoms with Gasteiger partial charge in [-0.3, -0.25) is 0 Å². The number of rotatable bonds is 3. The van der Waals surface area contributed by atoms with Crippen molar-refractivity contribution in [1.82, 2.24) is 4.31 Å². The molecule has 0 amide bonds. The summed E-state index contributed by atoms with van der Waals surface area (Å²) in [5.41, 5.74) is 5.63. The van der Waals surface area contributed by atoms with E-state index in [1.165, 1.54) is 0 Å². The number of nitrogens with two attached hydrogens (primary N) is 1. The first-order valence-corrected chi connectivity index (χ1v) is 8.09. The second-order valence-electron chi connectivity index (χ2n) is 5.24. The Hall–Kier alpha value is -1.12. The van der Waals surface area contributed by atoms with Gasteiger partial charge in [0.1, 0.15) is 0 Å². The Kier molecular flexibility index (Phi) is 4.60. The monoisotopic (exact) mass is 322 g/mol. The van der Waals surface area contributed by atoms with Crippen molar-refractivity contribution in [2.75, 3.05) is 13.1 Å². The van der Waals surface area contributed by atoms with Gasteiger partial charge in [-0.1, -0.05) is 6.92 Å². The molecule has 1 fully saturated rings. The Morgan fingerprint density at radius 1 is 1.29 bits per heavy atom. The first-order valence-electron chi connectivity index (χ1n) is 6.65. The van der Waals surface area contributed by atoms with Crippen molar-refractivity contribution < 1.29 is 21.6 Å². The molecule has 0 aromatic heterocycles. The fourth-order valence-corrected chi connectivity index (χ4v) is 4.47. The van der Waals surface area contributed by atoms with Crippen molar-refractivity contribution >= 4 is 10.0 Å². The topological polar surface area (TPSA) is 63.4 Å². The van der Waals surface area contributed by atoms with E-state index in [1.54, 1.807) is 0 Å². The molecule has 0 aliphatic carbocycles. The van der Waals surface area contributed by atoms with Crippen LogP contribution in [0.5, 0.6) is 0 Å². The van der Waals surface area contributed by atoms with Crippen molar-refractivity contribution in [3.05, 3.63) is 29.6 Å². The number of sulfonamides is 1. The summed E-state index contributed by atoms with van der Waals surface area (Å²) in [5, 5.41) is 0. The molecule has 1 heterocycles. The summed E-state index contributed by atoms with van der Waals surface area (Å²) in [6.07, 6.45) is 1.48. The lowest BCUT2D eigenvalue weighted by atomic mass is 9.93. The summed E-state index contributed by atoms with van der Waals surface area (Å²) in [7, 11) is -4.11. The Bertz CT molecular complexity index is 613. The number of benzene rings is 1. The van der Waals surface area contributed by atoms with Crippen LogP contribution in [0.2, 0.25) is 0 Å². The van der Waals surface area contributed by atoms with E-state index in [0.29, 0.717) is 18.6 Å². The summed E-state index contributed by atoms with van der Waals surface area (Å²) in [6, 6.07) is 0.571. The average molecular weight is 322 g/mol. The van der Waals surface area contributed by atoms with E-state index in [-0.39, 0.29) is 19.0 Å². The summed E-state index contributed by atoms with van der Waals surface area (Å²) in [6.45, 7) is 2.23. The van der Waals surface area contributed by atoms with Gasteiger partial charge in [0, 0.05) is 19.1 Å². The minimum atomic E-state index is -4.11. The largest absolute Gasteiger partial charge is 0.329 e. The van der Waals surface area contributed by atoms with Crippen molar-refractivity contribution in [2.24, 2.45) is 11.7 Å². The van der Waals surface area contributed by atoms with Gasteiger partial charge in [0.25, 0.3) is 0 Å². The van der Waals surface area contributed by atoms with Gasteiger partial charge in [0.05, 0.1) is 4.90 Å². The van der Waals surface area contributed by atoms with Crippen LogP contribution in [0.25, 0.3) is 0 Å². The highest BCUT2D eigenvalue weighted by atomic mass is 32.2. The zero-order valence-corrected chi connectivity index (χ0v) is 12.3. The van der Waals surface area contributed by atoms with Crippen molar-refractivity contribution in [2.45, 2.75) is 30.7 Å². The van der Waals surface area contributed by atoms with Gasteiger partial charge >= 0.3 is 0 Å². The molecule has 118 valence electrons. The summed E-state index contributed by atoms with van der Waals surface area (Å²) in [5.74, 6) is -4.68. The van der Waals surface area contributed by atoms with E-state index in [2.05, 4.69) is 0 Å². The molecule has 2 atom stereocenters. The molecule has 8 heteroatoms. The van der Waals surface area contributed by atoms with Crippen molar-refractivity contribution in [3.8, 4) is 0 Å². The number of hydrogen-bond donors (Lipinski definition) is 1. The van der Waals surface area contributed by atoms with Crippen LogP contribution in [0.3, 0.4) is 0 Å². The van der Waals surface area contributed by atoms with Crippen LogP contribution in [0.4, 0.5) is 13.2 Å². The Labute approximate surface area is 121 Å². The number of halogens is 3.